The van der Waals surface area contributed by atoms with Gasteiger partial charge in [0.1, 0.15) is 6.04 Å². The molecule has 3 rings (SSSR count). The minimum absolute atomic E-state index is 0.101. The van der Waals surface area contributed by atoms with Crippen molar-refractivity contribution < 1.29 is 18.0 Å². The Balaban J connectivity index is 1.61. The quantitative estimate of drug-likeness (QED) is 0.664. The number of piperazine rings is 1. The molecule has 172 valence electrons. The SMILES string of the molecule is CC(C)[C@@H](NC(=O)Cc1ccccc1)C(=O)N1CCN(S(=O)(=O)c2cccc(Cl)c2)CC1. The van der Waals surface area contributed by atoms with Gasteiger partial charge in [0.15, 0.2) is 0 Å². The Bertz CT molecular complexity index is 1050. The highest BCUT2D eigenvalue weighted by Gasteiger charge is 2.34. The van der Waals surface area contributed by atoms with E-state index in [1.165, 1.54) is 16.4 Å². The van der Waals surface area contributed by atoms with Crippen LogP contribution < -0.4 is 5.32 Å². The van der Waals surface area contributed by atoms with E-state index < -0.39 is 16.1 Å². The van der Waals surface area contributed by atoms with Gasteiger partial charge < -0.3 is 10.2 Å². The molecule has 2 amide bonds. The highest BCUT2D eigenvalue weighted by molar-refractivity contribution is 7.89. The summed E-state index contributed by atoms with van der Waals surface area (Å²) >= 11 is 5.94. The number of nitrogens with one attached hydrogen (secondary N) is 1. The van der Waals surface area contributed by atoms with Crippen molar-refractivity contribution in [3.05, 3.63) is 65.2 Å². The number of nitrogens with zero attached hydrogens (tertiary/aromatic N) is 2. The fraction of sp³-hybridized carbons (Fsp3) is 0.391. The molecule has 1 aliphatic rings. The van der Waals surface area contributed by atoms with Gasteiger partial charge in [-0.2, -0.15) is 4.31 Å². The average molecular weight is 478 g/mol. The number of carbonyl (C=O) groups is 2. The Kier molecular flexibility index (Phi) is 7.92. The molecule has 1 atom stereocenters. The van der Waals surface area contributed by atoms with Crippen molar-refractivity contribution in [1.29, 1.82) is 0 Å². The van der Waals surface area contributed by atoms with Crippen LogP contribution in [0.4, 0.5) is 0 Å². The first kappa shape index (κ1) is 24.2. The summed E-state index contributed by atoms with van der Waals surface area (Å²) in [5.41, 5.74) is 0.875. The summed E-state index contributed by atoms with van der Waals surface area (Å²) in [5.74, 6) is -0.512. The zero-order chi connectivity index (χ0) is 23.3. The first-order valence-electron chi connectivity index (χ1n) is 10.6. The van der Waals surface area contributed by atoms with Crippen molar-refractivity contribution in [3.8, 4) is 0 Å². The maximum Gasteiger partial charge on any atom is 0.245 e. The molecule has 9 heteroatoms. The molecule has 32 heavy (non-hydrogen) atoms. The molecule has 0 aromatic heterocycles. The molecular weight excluding hydrogens is 450 g/mol. The molecule has 1 N–H and O–H groups in total. The molecule has 2 aromatic carbocycles. The summed E-state index contributed by atoms with van der Waals surface area (Å²) in [4.78, 5) is 27.4. The second-order valence-corrected chi connectivity index (χ2v) is 10.5. The number of halogens is 1. The lowest BCUT2D eigenvalue weighted by atomic mass is 10.0. The van der Waals surface area contributed by atoms with Gasteiger partial charge in [-0.25, -0.2) is 8.42 Å². The minimum Gasteiger partial charge on any atom is -0.344 e. The first-order chi connectivity index (χ1) is 15.2. The maximum atomic E-state index is 13.1. The van der Waals surface area contributed by atoms with Gasteiger partial charge >= 0.3 is 0 Å². The van der Waals surface area contributed by atoms with Crippen LogP contribution in [0.3, 0.4) is 0 Å². The van der Waals surface area contributed by atoms with E-state index in [9.17, 15) is 18.0 Å². The Hall–Kier alpha value is -2.42. The van der Waals surface area contributed by atoms with Crippen LogP contribution in [0.15, 0.2) is 59.5 Å². The Morgan fingerprint density at radius 1 is 1.00 bits per heavy atom. The van der Waals surface area contributed by atoms with Gasteiger partial charge in [0, 0.05) is 31.2 Å². The number of rotatable bonds is 7. The number of sulfonamides is 1. The van der Waals surface area contributed by atoms with Crippen LogP contribution in [0.1, 0.15) is 19.4 Å². The molecule has 0 bridgehead atoms. The second kappa shape index (κ2) is 10.5. The van der Waals surface area contributed by atoms with E-state index in [-0.39, 0.29) is 55.2 Å². The largest absolute Gasteiger partial charge is 0.344 e. The van der Waals surface area contributed by atoms with E-state index in [1.807, 2.05) is 44.2 Å². The zero-order valence-electron chi connectivity index (χ0n) is 18.2. The third-order valence-corrected chi connectivity index (χ3v) is 7.57. The van der Waals surface area contributed by atoms with Crippen LogP contribution in [0.2, 0.25) is 5.02 Å². The molecule has 0 radical (unpaired) electrons. The third-order valence-electron chi connectivity index (χ3n) is 5.44. The van der Waals surface area contributed by atoms with Gasteiger partial charge in [-0.15, -0.1) is 0 Å². The van der Waals surface area contributed by atoms with Crippen LogP contribution in [0.25, 0.3) is 0 Å². The minimum atomic E-state index is -3.68. The van der Waals surface area contributed by atoms with E-state index in [1.54, 1.807) is 17.0 Å². The molecule has 1 aliphatic heterocycles. The summed E-state index contributed by atoms with van der Waals surface area (Å²) < 4.78 is 27.1. The highest BCUT2D eigenvalue weighted by Crippen LogP contribution is 2.21. The predicted molar refractivity (Wildman–Crippen MR) is 124 cm³/mol. The summed E-state index contributed by atoms with van der Waals surface area (Å²) in [7, 11) is -3.68. The Morgan fingerprint density at radius 3 is 2.25 bits per heavy atom. The molecule has 7 nitrogen and oxygen atoms in total. The van der Waals surface area contributed by atoms with Crippen molar-refractivity contribution in [2.24, 2.45) is 5.92 Å². The Morgan fingerprint density at radius 2 is 1.66 bits per heavy atom. The number of carbonyl (C=O) groups excluding carboxylic acids is 2. The number of benzene rings is 2. The van der Waals surface area contributed by atoms with Gasteiger partial charge in [-0.1, -0.05) is 61.8 Å². The van der Waals surface area contributed by atoms with Gasteiger partial charge in [-0.05, 0) is 29.7 Å². The van der Waals surface area contributed by atoms with E-state index in [0.717, 1.165) is 5.56 Å². The topological polar surface area (TPSA) is 86.8 Å². The second-order valence-electron chi connectivity index (χ2n) is 8.14. The Labute approximate surface area is 194 Å². The molecule has 0 saturated carbocycles. The number of hydrogen-bond donors (Lipinski definition) is 1. The van der Waals surface area contributed by atoms with Gasteiger partial charge in [0.05, 0.1) is 11.3 Å². The lowest BCUT2D eigenvalue weighted by molar-refractivity contribution is -0.138. The van der Waals surface area contributed by atoms with Gasteiger partial charge in [0.2, 0.25) is 21.8 Å². The highest BCUT2D eigenvalue weighted by atomic mass is 35.5. The molecule has 0 aliphatic carbocycles. The summed E-state index contributed by atoms with van der Waals surface area (Å²) in [5, 5.41) is 3.21. The molecule has 0 unspecified atom stereocenters. The van der Waals surface area contributed by atoms with Crippen LogP contribution in [0.5, 0.6) is 0 Å². The standard InChI is InChI=1S/C23H28ClN3O4S/c1-17(2)22(25-21(28)15-18-7-4-3-5-8-18)23(29)26-11-13-27(14-12-26)32(30,31)20-10-6-9-19(24)16-20/h3-10,16-17,22H,11-15H2,1-2H3,(H,25,28)/t22-/m1/s1. The molecule has 1 fully saturated rings. The fourth-order valence-electron chi connectivity index (χ4n) is 3.64. The fourth-order valence-corrected chi connectivity index (χ4v) is 5.36. The van der Waals surface area contributed by atoms with Crippen molar-refractivity contribution in [3.63, 3.8) is 0 Å². The number of amides is 2. The molecule has 0 spiro atoms. The third kappa shape index (κ3) is 5.88. The molecule has 1 heterocycles. The van der Waals surface area contributed by atoms with E-state index >= 15 is 0 Å². The lowest BCUT2D eigenvalue weighted by Crippen LogP contribution is -2.57. The predicted octanol–water partition coefficient (Wildman–Crippen LogP) is 2.56. The molecule has 2 aromatic rings. The normalized spacial score (nSPS) is 16.1. The average Bonchev–Trinajstić information content (AvgIpc) is 2.77. The van der Waals surface area contributed by atoms with Crippen LogP contribution in [0, 0.1) is 5.92 Å². The summed E-state index contributed by atoms with van der Waals surface area (Å²) in [6, 6.07) is 14.8. The first-order valence-corrected chi connectivity index (χ1v) is 12.4. The summed E-state index contributed by atoms with van der Waals surface area (Å²) in [6.45, 7) is 4.65. The van der Waals surface area contributed by atoms with Crippen LogP contribution >= 0.6 is 11.6 Å². The van der Waals surface area contributed by atoms with Crippen molar-refractivity contribution >= 4 is 33.4 Å². The van der Waals surface area contributed by atoms with Crippen LogP contribution in [-0.4, -0.2) is 61.7 Å². The zero-order valence-corrected chi connectivity index (χ0v) is 19.8. The van der Waals surface area contributed by atoms with Gasteiger partial charge in [0.25, 0.3) is 0 Å². The van der Waals surface area contributed by atoms with E-state index in [2.05, 4.69) is 5.32 Å². The number of hydrogen-bond acceptors (Lipinski definition) is 4. The van der Waals surface area contributed by atoms with Crippen molar-refractivity contribution in [2.45, 2.75) is 31.2 Å². The van der Waals surface area contributed by atoms with Crippen LogP contribution in [-0.2, 0) is 26.0 Å². The monoisotopic (exact) mass is 477 g/mol. The maximum absolute atomic E-state index is 13.1. The summed E-state index contributed by atoms with van der Waals surface area (Å²) in [6.07, 6.45) is 0.197. The molecular formula is C23H28ClN3O4S. The van der Waals surface area contributed by atoms with Crippen molar-refractivity contribution in [1.82, 2.24) is 14.5 Å². The smallest absolute Gasteiger partial charge is 0.245 e. The van der Waals surface area contributed by atoms with E-state index in [0.29, 0.717) is 5.02 Å². The van der Waals surface area contributed by atoms with Crippen molar-refractivity contribution in [2.75, 3.05) is 26.2 Å². The molecule has 1 saturated heterocycles. The van der Waals surface area contributed by atoms with Gasteiger partial charge in [-0.3, -0.25) is 9.59 Å². The lowest BCUT2D eigenvalue weighted by Gasteiger charge is -2.36. The van der Waals surface area contributed by atoms with E-state index in [4.69, 9.17) is 11.6 Å².